The summed E-state index contributed by atoms with van der Waals surface area (Å²) in [4.78, 5) is 17.7. The van der Waals surface area contributed by atoms with Gasteiger partial charge in [0.25, 0.3) is 0 Å². The second kappa shape index (κ2) is 6.93. The summed E-state index contributed by atoms with van der Waals surface area (Å²) in [5, 5.41) is 0. The van der Waals surface area contributed by atoms with Gasteiger partial charge in [0.1, 0.15) is 0 Å². The van der Waals surface area contributed by atoms with Gasteiger partial charge in [-0.3, -0.25) is 9.78 Å². The van der Waals surface area contributed by atoms with Gasteiger partial charge in [-0.25, -0.2) is 8.42 Å². The van der Waals surface area contributed by atoms with E-state index >= 15 is 0 Å². The van der Waals surface area contributed by atoms with E-state index in [2.05, 4.69) is 4.98 Å². The molecule has 0 aliphatic carbocycles. The number of benzene rings is 1. The Bertz CT molecular complexity index is 882. The van der Waals surface area contributed by atoms with E-state index in [0.717, 1.165) is 29.7 Å². The van der Waals surface area contributed by atoms with Gasteiger partial charge in [0.15, 0.2) is 0 Å². The van der Waals surface area contributed by atoms with Crippen LogP contribution in [0.5, 0.6) is 0 Å². The molecule has 25 heavy (non-hydrogen) atoms. The normalized spacial score (nSPS) is 14.4. The Labute approximate surface area is 148 Å². The molecule has 6 nitrogen and oxygen atoms in total. The third kappa shape index (κ3) is 3.57. The maximum absolute atomic E-state index is 12.9. The van der Waals surface area contributed by atoms with Crippen molar-refractivity contribution in [3.05, 3.63) is 53.9 Å². The lowest BCUT2D eigenvalue weighted by atomic mass is 10.0. The second-order valence-corrected chi connectivity index (χ2v) is 8.23. The van der Waals surface area contributed by atoms with Crippen LogP contribution in [0.3, 0.4) is 0 Å². The van der Waals surface area contributed by atoms with Crippen molar-refractivity contribution in [1.29, 1.82) is 0 Å². The summed E-state index contributed by atoms with van der Waals surface area (Å²) in [6.45, 7) is 2.46. The number of carbonyl (C=O) groups excluding carboxylic acids is 1. The highest BCUT2D eigenvalue weighted by Gasteiger charge is 2.25. The molecule has 0 saturated heterocycles. The van der Waals surface area contributed by atoms with Gasteiger partial charge in [-0.1, -0.05) is 6.07 Å². The molecule has 2 heterocycles. The predicted octanol–water partition coefficient (Wildman–Crippen LogP) is 2.20. The van der Waals surface area contributed by atoms with E-state index in [1.807, 2.05) is 6.07 Å². The number of amides is 1. The van der Waals surface area contributed by atoms with E-state index in [-0.39, 0.29) is 17.3 Å². The number of hydrogen-bond donors (Lipinski definition) is 0. The van der Waals surface area contributed by atoms with E-state index in [4.69, 9.17) is 0 Å². The molecule has 1 aliphatic rings. The first-order chi connectivity index (χ1) is 11.9. The predicted molar refractivity (Wildman–Crippen MR) is 95.7 cm³/mol. The number of pyridine rings is 1. The smallest absolute Gasteiger partial charge is 0.243 e. The van der Waals surface area contributed by atoms with Crippen molar-refractivity contribution in [1.82, 2.24) is 9.29 Å². The highest BCUT2D eigenvalue weighted by Crippen LogP contribution is 2.30. The Morgan fingerprint density at radius 1 is 1.32 bits per heavy atom. The third-order valence-corrected chi connectivity index (χ3v) is 6.19. The van der Waals surface area contributed by atoms with E-state index in [0.29, 0.717) is 6.54 Å². The summed E-state index contributed by atoms with van der Waals surface area (Å²) in [5.74, 6) is -0.0229. The minimum atomic E-state index is -3.61. The Morgan fingerprint density at radius 3 is 2.80 bits per heavy atom. The minimum absolute atomic E-state index is 0.0229. The molecule has 3 rings (SSSR count). The van der Waals surface area contributed by atoms with Crippen LogP contribution >= 0.6 is 0 Å². The van der Waals surface area contributed by atoms with Gasteiger partial charge in [0, 0.05) is 45.1 Å². The average molecular weight is 359 g/mol. The molecule has 0 saturated carbocycles. The quantitative estimate of drug-likeness (QED) is 0.839. The SMILES string of the molecule is CC(=O)N1CCCc2cc(S(=O)(=O)N(C)Cc3cccnc3)ccc21. The van der Waals surface area contributed by atoms with E-state index in [9.17, 15) is 13.2 Å². The Balaban J connectivity index is 1.89. The summed E-state index contributed by atoms with van der Waals surface area (Å²) >= 11 is 0. The number of sulfonamides is 1. The van der Waals surface area contributed by atoms with E-state index in [1.165, 1.54) is 11.2 Å². The Hall–Kier alpha value is -2.25. The van der Waals surface area contributed by atoms with Crippen molar-refractivity contribution in [2.24, 2.45) is 0 Å². The molecule has 1 aromatic carbocycles. The molecule has 132 valence electrons. The second-order valence-electron chi connectivity index (χ2n) is 6.19. The molecule has 0 bridgehead atoms. The summed E-state index contributed by atoms with van der Waals surface area (Å²) in [6, 6.07) is 8.64. The Morgan fingerprint density at radius 2 is 2.12 bits per heavy atom. The van der Waals surface area contributed by atoms with Crippen molar-refractivity contribution < 1.29 is 13.2 Å². The molecule has 0 unspecified atom stereocenters. The monoisotopic (exact) mass is 359 g/mol. The maximum Gasteiger partial charge on any atom is 0.243 e. The fraction of sp³-hybridized carbons (Fsp3) is 0.333. The molecule has 2 aromatic rings. The van der Waals surface area contributed by atoms with Gasteiger partial charge in [-0.15, -0.1) is 0 Å². The van der Waals surface area contributed by atoms with E-state index in [1.54, 1.807) is 48.6 Å². The molecule has 1 aromatic heterocycles. The first-order valence-electron chi connectivity index (χ1n) is 8.16. The van der Waals surface area contributed by atoms with Gasteiger partial charge >= 0.3 is 0 Å². The topological polar surface area (TPSA) is 70.6 Å². The van der Waals surface area contributed by atoms with Crippen LogP contribution in [-0.4, -0.2) is 37.2 Å². The lowest BCUT2D eigenvalue weighted by Gasteiger charge is -2.29. The molecule has 0 fully saturated rings. The molecule has 0 spiro atoms. The standard InChI is InChI=1S/C18H21N3O3S/c1-14(22)21-10-4-6-16-11-17(7-8-18(16)21)25(23,24)20(2)13-15-5-3-9-19-12-15/h3,5,7-9,11-12H,4,6,10,13H2,1-2H3. The molecule has 1 amide bonds. The van der Waals surface area contributed by atoms with Gasteiger partial charge in [-0.05, 0) is 48.2 Å². The highest BCUT2D eigenvalue weighted by atomic mass is 32.2. The van der Waals surface area contributed by atoms with Crippen LogP contribution in [0.4, 0.5) is 5.69 Å². The lowest BCUT2D eigenvalue weighted by molar-refractivity contribution is -0.116. The lowest BCUT2D eigenvalue weighted by Crippen LogP contribution is -2.34. The van der Waals surface area contributed by atoms with Crippen LogP contribution in [0.25, 0.3) is 0 Å². The van der Waals surface area contributed by atoms with Gasteiger partial charge in [0.05, 0.1) is 4.90 Å². The van der Waals surface area contributed by atoms with Crippen molar-refractivity contribution in [2.45, 2.75) is 31.2 Å². The maximum atomic E-state index is 12.9. The number of rotatable bonds is 4. The minimum Gasteiger partial charge on any atom is -0.312 e. The number of fused-ring (bicyclic) bond motifs is 1. The van der Waals surface area contributed by atoms with Gasteiger partial charge < -0.3 is 4.90 Å². The first kappa shape index (κ1) is 17.6. The van der Waals surface area contributed by atoms with Crippen LogP contribution in [0.2, 0.25) is 0 Å². The van der Waals surface area contributed by atoms with E-state index < -0.39 is 10.0 Å². The number of hydrogen-bond acceptors (Lipinski definition) is 4. The summed E-state index contributed by atoms with van der Waals surface area (Å²) in [7, 11) is -2.05. The molecule has 0 atom stereocenters. The number of aromatic nitrogens is 1. The van der Waals surface area contributed by atoms with Crippen LogP contribution in [0.1, 0.15) is 24.5 Å². The van der Waals surface area contributed by atoms with Gasteiger partial charge in [-0.2, -0.15) is 4.31 Å². The molecule has 0 N–H and O–H groups in total. The molecular formula is C18H21N3O3S. The van der Waals surface area contributed by atoms with Crippen LogP contribution in [-0.2, 0) is 27.8 Å². The largest absolute Gasteiger partial charge is 0.312 e. The van der Waals surface area contributed by atoms with Gasteiger partial charge in [0.2, 0.25) is 15.9 Å². The molecule has 7 heteroatoms. The van der Waals surface area contributed by atoms with Crippen molar-refractivity contribution >= 4 is 21.6 Å². The fourth-order valence-electron chi connectivity index (χ4n) is 3.07. The highest BCUT2D eigenvalue weighted by molar-refractivity contribution is 7.89. The Kier molecular flexibility index (Phi) is 4.87. The third-order valence-electron chi connectivity index (χ3n) is 4.39. The summed E-state index contributed by atoms with van der Waals surface area (Å²) in [5.41, 5.74) is 2.54. The first-order valence-corrected chi connectivity index (χ1v) is 9.60. The van der Waals surface area contributed by atoms with Crippen LogP contribution < -0.4 is 4.90 Å². The number of anilines is 1. The van der Waals surface area contributed by atoms with Crippen LogP contribution in [0, 0.1) is 0 Å². The van der Waals surface area contributed by atoms with Crippen molar-refractivity contribution in [3.63, 3.8) is 0 Å². The zero-order chi connectivity index (χ0) is 18.0. The van der Waals surface area contributed by atoms with Crippen molar-refractivity contribution in [2.75, 3.05) is 18.5 Å². The molecule has 1 aliphatic heterocycles. The zero-order valence-corrected chi connectivity index (χ0v) is 15.2. The van der Waals surface area contributed by atoms with Crippen LogP contribution in [0.15, 0.2) is 47.6 Å². The molecular weight excluding hydrogens is 338 g/mol. The number of nitrogens with zero attached hydrogens (tertiary/aromatic N) is 3. The zero-order valence-electron chi connectivity index (χ0n) is 14.3. The van der Waals surface area contributed by atoms with Crippen molar-refractivity contribution in [3.8, 4) is 0 Å². The number of aryl methyl sites for hydroxylation is 1. The summed E-state index contributed by atoms with van der Waals surface area (Å²) in [6.07, 6.45) is 4.92. The fourth-order valence-corrected chi connectivity index (χ4v) is 4.28. The summed E-state index contributed by atoms with van der Waals surface area (Å²) < 4.78 is 27.0. The molecule has 0 radical (unpaired) electrons. The number of carbonyl (C=O) groups is 1. The average Bonchev–Trinajstić information content (AvgIpc) is 2.61.